The van der Waals surface area contributed by atoms with Crippen molar-refractivity contribution in [2.24, 2.45) is 0 Å². The summed E-state index contributed by atoms with van der Waals surface area (Å²) in [4.78, 5) is 15.5. The van der Waals surface area contributed by atoms with E-state index in [2.05, 4.69) is 10.3 Å². The number of pyridine rings is 1. The van der Waals surface area contributed by atoms with Gasteiger partial charge in [-0.15, -0.1) is 0 Å². The predicted molar refractivity (Wildman–Crippen MR) is 64.7 cm³/mol. The molecule has 0 bridgehead atoms. The number of anilines is 2. The second-order valence-corrected chi connectivity index (χ2v) is 3.59. The molecular weight excluding hydrogens is 237 g/mol. The van der Waals surface area contributed by atoms with Gasteiger partial charge >= 0.3 is 0 Å². The summed E-state index contributed by atoms with van der Waals surface area (Å²) in [5.41, 5.74) is 5.97. The molecule has 0 aliphatic carbocycles. The highest BCUT2D eigenvalue weighted by Crippen LogP contribution is 2.19. The van der Waals surface area contributed by atoms with Crippen molar-refractivity contribution in [2.75, 3.05) is 11.1 Å². The number of carbonyl (C=O) groups is 1. The number of halogens is 1. The van der Waals surface area contributed by atoms with Gasteiger partial charge in [-0.2, -0.15) is 0 Å². The fourth-order valence-corrected chi connectivity index (χ4v) is 1.37. The van der Waals surface area contributed by atoms with Crippen LogP contribution in [0.25, 0.3) is 0 Å². The van der Waals surface area contributed by atoms with Gasteiger partial charge in [0.05, 0.1) is 11.8 Å². The fraction of sp³-hybridized carbons (Fsp3) is 0. The second-order valence-electron chi connectivity index (χ2n) is 3.59. The summed E-state index contributed by atoms with van der Waals surface area (Å²) in [6.07, 6.45) is 0.988. The third kappa shape index (κ3) is 2.54. The maximum Gasteiger partial charge on any atom is 0.259 e. The molecule has 1 heterocycles. The summed E-state index contributed by atoms with van der Waals surface area (Å²) >= 11 is 0. The summed E-state index contributed by atoms with van der Waals surface area (Å²) in [6.45, 7) is 0. The summed E-state index contributed by atoms with van der Waals surface area (Å²) in [5, 5.41) is 11.7. The van der Waals surface area contributed by atoms with Gasteiger partial charge in [-0.25, -0.2) is 9.37 Å². The summed E-state index contributed by atoms with van der Waals surface area (Å²) in [6, 6.07) is 6.54. The van der Waals surface area contributed by atoms with E-state index >= 15 is 0 Å². The van der Waals surface area contributed by atoms with E-state index in [1.807, 2.05) is 0 Å². The lowest BCUT2D eigenvalue weighted by molar-refractivity contribution is 0.102. The molecule has 6 heteroatoms. The average molecular weight is 247 g/mol. The molecule has 0 spiro atoms. The van der Waals surface area contributed by atoms with E-state index < -0.39 is 11.7 Å². The smallest absolute Gasteiger partial charge is 0.259 e. The highest BCUT2D eigenvalue weighted by Gasteiger charge is 2.11. The molecule has 4 N–H and O–H groups in total. The number of hydrogen-bond acceptors (Lipinski definition) is 4. The summed E-state index contributed by atoms with van der Waals surface area (Å²) in [5.74, 6) is -0.891. The number of phenolic OH excluding ortho intramolecular Hbond substituents is 1. The van der Waals surface area contributed by atoms with Crippen LogP contribution in [0.1, 0.15) is 10.4 Å². The van der Waals surface area contributed by atoms with Crippen LogP contribution in [0.3, 0.4) is 0 Å². The van der Waals surface area contributed by atoms with Crippen LogP contribution >= 0.6 is 0 Å². The lowest BCUT2D eigenvalue weighted by atomic mass is 10.1. The van der Waals surface area contributed by atoms with E-state index in [1.165, 1.54) is 30.3 Å². The molecule has 0 aliphatic heterocycles. The van der Waals surface area contributed by atoms with Crippen molar-refractivity contribution in [1.82, 2.24) is 4.98 Å². The first kappa shape index (κ1) is 11.8. The Kier molecular flexibility index (Phi) is 3.09. The molecule has 1 aromatic heterocycles. The van der Waals surface area contributed by atoms with Crippen molar-refractivity contribution >= 4 is 17.4 Å². The molecule has 0 saturated carbocycles. The number of nitrogen functional groups attached to an aromatic ring is 1. The van der Waals surface area contributed by atoms with Crippen LogP contribution in [0.5, 0.6) is 5.75 Å². The Bertz CT molecular complexity index is 584. The molecule has 5 nitrogen and oxygen atoms in total. The lowest BCUT2D eigenvalue weighted by Crippen LogP contribution is -2.14. The number of phenols is 1. The Balaban J connectivity index is 2.21. The van der Waals surface area contributed by atoms with Crippen molar-refractivity contribution in [3.8, 4) is 5.75 Å². The highest BCUT2D eigenvalue weighted by atomic mass is 19.1. The summed E-state index contributed by atoms with van der Waals surface area (Å²) < 4.78 is 12.6. The zero-order valence-corrected chi connectivity index (χ0v) is 9.22. The van der Waals surface area contributed by atoms with Gasteiger partial charge in [0.25, 0.3) is 5.91 Å². The standard InChI is InChI=1S/C12H10FN3O2/c13-7-1-4-11(15-6-7)16-12(18)9-5-8(17)2-3-10(9)14/h1-6,17H,14H2,(H,15,16,18). The number of nitrogens with one attached hydrogen (secondary N) is 1. The Morgan fingerprint density at radius 2 is 2.11 bits per heavy atom. The van der Waals surface area contributed by atoms with Crippen LogP contribution in [0.2, 0.25) is 0 Å². The van der Waals surface area contributed by atoms with Gasteiger partial charge in [-0.3, -0.25) is 4.79 Å². The molecular formula is C12H10FN3O2. The maximum atomic E-state index is 12.6. The van der Waals surface area contributed by atoms with Crippen LogP contribution < -0.4 is 11.1 Å². The first-order valence-corrected chi connectivity index (χ1v) is 5.07. The molecule has 0 unspecified atom stereocenters. The molecule has 0 fully saturated rings. The third-order valence-electron chi connectivity index (χ3n) is 2.25. The first-order valence-electron chi connectivity index (χ1n) is 5.07. The van der Waals surface area contributed by atoms with Gasteiger partial charge in [0, 0.05) is 5.69 Å². The number of nitrogens with two attached hydrogens (primary N) is 1. The topological polar surface area (TPSA) is 88.2 Å². The molecule has 0 aliphatic rings. The molecule has 92 valence electrons. The van der Waals surface area contributed by atoms with Crippen molar-refractivity contribution in [2.45, 2.75) is 0 Å². The van der Waals surface area contributed by atoms with Crippen molar-refractivity contribution in [3.63, 3.8) is 0 Å². The molecule has 2 rings (SSSR count). The molecule has 0 saturated heterocycles. The third-order valence-corrected chi connectivity index (χ3v) is 2.25. The van der Waals surface area contributed by atoms with Gasteiger partial charge in [-0.1, -0.05) is 0 Å². The van der Waals surface area contributed by atoms with E-state index in [4.69, 9.17) is 5.73 Å². The number of amides is 1. The predicted octanol–water partition coefficient (Wildman–Crippen LogP) is 1.76. The van der Waals surface area contributed by atoms with Gasteiger partial charge in [0.2, 0.25) is 0 Å². The first-order chi connectivity index (χ1) is 8.56. The van der Waals surface area contributed by atoms with Crippen LogP contribution in [0.15, 0.2) is 36.5 Å². The van der Waals surface area contributed by atoms with Gasteiger partial charge in [0.15, 0.2) is 0 Å². The monoisotopic (exact) mass is 247 g/mol. The molecule has 0 atom stereocenters. The second kappa shape index (κ2) is 4.70. The number of aromatic hydroxyl groups is 1. The Labute approximate surface area is 102 Å². The van der Waals surface area contributed by atoms with E-state index in [-0.39, 0.29) is 22.8 Å². The highest BCUT2D eigenvalue weighted by molar-refractivity contribution is 6.07. The zero-order valence-electron chi connectivity index (χ0n) is 9.22. The maximum absolute atomic E-state index is 12.6. The van der Waals surface area contributed by atoms with Gasteiger partial charge in [-0.05, 0) is 30.3 Å². The molecule has 0 radical (unpaired) electrons. The van der Waals surface area contributed by atoms with Crippen LogP contribution in [0.4, 0.5) is 15.9 Å². The number of benzene rings is 1. The SMILES string of the molecule is Nc1ccc(O)cc1C(=O)Nc1ccc(F)cn1. The Morgan fingerprint density at radius 1 is 1.33 bits per heavy atom. The normalized spacial score (nSPS) is 10.1. The minimum atomic E-state index is -0.525. The minimum absolute atomic E-state index is 0.0681. The number of rotatable bonds is 2. The van der Waals surface area contributed by atoms with Crippen LogP contribution in [0, 0.1) is 5.82 Å². The van der Waals surface area contributed by atoms with E-state index in [1.54, 1.807) is 0 Å². The van der Waals surface area contributed by atoms with Gasteiger partial charge < -0.3 is 16.2 Å². The number of hydrogen-bond donors (Lipinski definition) is 3. The van der Waals surface area contributed by atoms with Crippen molar-refractivity contribution in [1.29, 1.82) is 0 Å². The van der Waals surface area contributed by atoms with E-state index in [9.17, 15) is 14.3 Å². The largest absolute Gasteiger partial charge is 0.508 e. The van der Waals surface area contributed by atoms with Gasteiger partial charge in [0.1, 0.15) is 17.4 Å². The minimum Gasteiger partial charge on any atom is -0.508 e. The van der Waals surface area contributed by atoms with E-state index in [0.29, 0.717) is 0 Å². The number of carbonyl (C=O) groups excluding carboxylic acids is 1. The Morgan fingerprint density at radius 3 is 2.78 bits per heavy atom. The molecule has 2 aromatic rings. The van der Waals surface area contributed by atoms with Crippen molar-refractivity contribution in [3.05, 3.63) is 47.9 Å². The average Bonchev–Trinajstić information content (AvgIpc) is 2.35. The zero-order chi connectivity index (χ0) is 13.1. The summed E-state index contributed by atoms with van der Waals surface area (Å²) in [7, 11) is 0. The number of aromatic nitrogens is 1. The van der Waals surface area contributed by atoms with Crippen LogP contribution in [-0.2, 0) is 0 Å². The Hall–Kier alpha value is -2.63. The lowest BCUT2D eigenvalue weighted by Gasteiger charge is -2.07. The van der Waals surface area contributed by atoms with Crippen molar-refractivity contribution < 1.29 is 14.3 Å². The van der Waals surface area contributed by atoms with Crippen LogP contribution in [-0.4, -0.2) is 16.0 Å². The quantitative estimate of drug-likeness (QED) is 0.557. The number of nitrogens with zero attached hydrogens (tertiary/aromatic N) is 1. The van der Waals surface area contributed by atoms with E-state index in [0.717, 1.165) is 6.20 Å². The molecule has 1 amide bonds. The molecule has 1 aromatic carbocycles. The molecule has 18 heavy (non-hydrogen) atoms. The fourth-order valence-electron chi connectivity index (χ4n) is 1.37.